The van der Waals surface area contributed by atoms with Crippen LogP contribution in [-0.4, -0.2) is 6.54 Å². The third kappa shape index (κ3) is 4.09. The third-order valence-corrected chi connectivity index (χ3v) is 2.96. The third-order valence-electron chi connectivity index (χ3n) is 2.24. The van der Waals surface area contributed by atoms with Crippen LogP contribution in [0.3, 0.4) is 0 Å². The topological polar surface area (TPSA) is 26.0 Å². The van der Waals surface area contributed by atoms with Gasteiger partial charge in [-0.05, 0) is 65.6 Å². The van der Waals surface area contributed by atoms with Crippen LogP contribution in [0.25, 0.3) is 0 Å². The predicted octanol–water partition coefficient (Wildman–Crippen LogP) is 2.82. The molecule has 0 aliphatic heterocycles. The molecule has 0 saturated heterocycles. The van der Waals surface area contributed by atoms with E-state index < -0.39 is 0 Å². The average molecular weight is 289 g/mol. The Morgan fingerprint density at radius 1 is 1.31 bits per heavy atom. The van der Waals surface area contributed by atoms with Crippen LogP contribution in [0.1, 0.15) is 18.9 Å². The lowest BCUT2D eigenvalue weighted by atomic mass is 10.0. The summed E-state index contributed by atoms with van der Waals surface area (Å²) in [7, 11) is 0. The summed E-state index contributed by atoms with van der Waals surface area (Å²) in [5.41, 5.74) is 6.98. The van der Waals surface area contributed by atoms with Crippen LogP contribution in [0.15, 0.2) is 24.3 Å². The van der Waals surface area contributed by atoms with Crippen LogP contribution in [0.2, 0.25) is 0 Å². The minimum atomic E-state index is 0.638. The number of hydrogen-bond donors (Lipinski definition) is 1. The normalized spacial score (nSPS) is 12.8. The number of nitrogens with two attached hydrogens (primary N) is 1. The lowest BCUT2D eigenvalue weighted by Crippen LogP contribution is -2.11. The summed E-state index contributed by atoms with van der Waals surface area (Å²) in [6, 6.07) is 8.71. The Balaban J connectivity index is 2.41. The van der Waals surface area contributed by atoms with Gasteiger partial charge >= 0.3 is 0 Å². The monoisotopic (exact) mass is 289 g/mol. The molecule has 1 aromatic carbocycles. The number of aryl methyl sites for hydroxylation is 1. The maximum absolute atomic E-state index is 5.56. The molecular formula is C11H16IN. The van der Waals surface area contributed by atoms with Gasteiger partial charge in [0.15, 0.2) is 0 Å². The van der Waals surface area contributed by atoms with Crippen molar-refractivity contribution in [1.29, 1.82) is 0 Å². The first kappa shape index (κ1) is 11.0. The van der Waals surface area contributed by atoms with Crippen molar-refractivity contribution in [3.8, 4) is 0 Å². The molecule has 2 N–H and O–H groups in total. The Labute approximate surface area is 93.9 Å². The molecule has 0 amide bonds. The minimum absolute atomic E-state index is 0.638. The molecule has 0 saturated carbocycles. The molecule has 1 unspecified atom stereocenters. The minimum Gasteiger partial charge on any atom is -0.330 e. The first-order valence-corrected chi connectivity index (χ1v) is 5.74. The van der Waals surface area contributed by atoms with Crippen LogP contribution >= 0.6 is 22.6 Å². The maximum atomic E-state index is 5.56. The van der Waals surface area contributed by atoms with Crippen LogP contribution in [0, 0.1) is 9.49 Å². The Kier molecular flexibility index (Phi) is 4.73. The second kappa shape index (κ2) is 5.60. The second-order valence-corrected chi connectivity index (χ2v) is 4.75. The van der Waals surface area contributed by atoms with Crippen molar-refractivity contribution in [3.05, 3.63) is 33.4 Å². The standard InChI is InChI=1S/C11H16IN/c1-9(8-13)2-3-10-4-6-11(12)7-5-10/h4-7,9H,2-3,8,13H2,1H3. The van der Waals surface area contributed by atoms with E-state index in [-0.39, 0.29) is 0 Å². The molecule has 2 heteroatoms. The van der Waals surface area contributed by atoms with Crippen molar-refractivity contribution in [2.45, 2.75) is 19.8 Å². The van der Waals surface area contributed by atoms with E-state index in [1.807, 2.05) is 0 Å². The largest absolute Gasteiger partial charge is 0.330 e. The lowest BCUT2D eigenvalue weighted by molar-refractivity contribution is 0.544. The molecule has 1 nitrogen and oxygen atoms in total. The Bertz CT molecular complexity index is 243. The van der Waals surface area contributed by atoms with Gasteiger partial charge < -0.3 is 5.73 Å². The molecule has 0 fully saturated rings. The lowest BCUT2D eigenvalue weighted by Gasteiger charge is -2.07. The fourth-order valence-electron chi connectivity index (χ4n) is 1.18. The van der Waals surface area contributed by atoms with Gasteiger partial charge in [-0.2, -0.15) is 0 Å². The van der Waals surface area contributed by atoms with E-state index in [1.54, 1.807) is 0 Å². The summed E-state index contributed by atoms with van der Waals surface area (Å²) in [6.07, 6.45) is 2.34. The van der Waals surface area contributed by atoms with E-state index in [9.17, 15) is 0 Å². The summed E-state index contributed by atoms with van der Waals surface area (Å²) in [4.78, 5) is 0. The molecule has 0 aliphatic rings. The fourth-order valence-corrected chi connectivity index (χ4v) is 1.54. The second-order valence-electron chi connectivity index (χ2n) is 3.51. The van der Waals surface area contributed by atoms with Gasteiger partial charge in [-0.3, -0.25) is 0 Å². The van der Waals surface area contributed by atoms with E-state index in [2.05, 4.69) is 53.8 Å². The van der Waals surface area contributed by atoms with Gasteiger partial charge in [0, 0.05) is 3.57 Å². The molecule has 0 radical (unpaired) electrons. The van der Waals surface area contributed by atoms with Gasteiger partial charge in [0.2, 0.25) is 0 Å². The zero-order chi connectivity index (χ0) is 9.68. The zero-order valence-corrected chi connectivity index (χ0v) is 10.1. The molecule has 0 heterocycles. The highest BCUT2D eigenvalue weighted by molar-refractivity contribution is 14.1. The molecule has 0 aliphatic carbocycles. The van der Waals surface area contributed by atoms with Gasteiger partial charge in [0.1, 0.15) is 0 Å². The first-order valence-electron chi connectivity index (χ1n) is 4.67. The molecule has 0 spiro atoms. The van der Waals surface area contributed by atoms with Crippen molar-refractivity contribution in [1.82, 2.24) is 0 Å². The SMILES string of the molecule is CC(CN)CCc1ccc(I)cc1. The summed E-state index contributed by atoms with van der Waals surface area (Å²) in [5.74, 6) is 0.638. The highest BCUT2D eigenvalue weighted by atomic mass is 127. The van der Waals surface area contributed by atoms with E-state index in [4.69, 9.17) is 5.73 Å². The van der Waals surface area contributed by atoms with Crippen LogP contribution < -0.4 is 5.73 Å². The Morgan fingerprint density at radius 3 is 2.46 bits per heavy atom. The van der Waals surface area contributed by atoms with E-state index >= 15 is 0 Å². The number of hydrogen-bond acceptors (Lipinski definition) is 1. The van der Waals surface area contributed by atoms with Crippen molar-refractivity contribution < 1.29 is 0 Å². The summed E-state index contributed by atoms with van der Waals surface area (Å²) in [5, 5.41) is 0. The molecule has 72 valence electrons. The number of rotatable bonds is 4. The number of halogens is 1. The molecular weight excluding hydrogens is 273 g/mol. The van der Waals surface area contributed by atoms with Gasteiger partial charge in [-0.15, -0.1) is 0 Å². The Hall–Kier alpha value is -0.0900. The first-order chi connectivity index (χ1) is 6.22. The van der Waals surface area contributed by atoms with Gasteiger partial charge in [-0.25, -0.2) is 0 Å². The van der Waals surface area contributed by atoms with Gasteiger partial charge in [0.25, 0.3) is 0 Å². The summed E-state index contributed by atoms with van der Waals surface area (Å²) < 4.78 is 1.30. The fraction of sp³-hybridized carbons (Fsp3) is 0.455. The van der Waals surface area contributed by atoms with Crippen molar-refractivity contribution in [2.75, 3.05) is 6.54 Å². The highest BCUT2D eigenvalue weighted by Crippen LogP contribution is 2.11. The molecule has 1 aromatic rings. The van der Waals surface area contributed by atoms with Crippen molar-refractivity contribution in [2.24, 2.45) is 11.7 Å². The van der Waals surface area contributed by atoms with Gasteiger partial charge in [0.05, 0.1) is 0 Å². The molecule has 1 rings (SSSR count). The summed E-state index contributed by atoms with van der Waals surface area (Å²) in [6.45, 7) is 3.00. The van der Waals surface area contributed by atoms with E-state index in [0.29, 0.717) is 5.92 Å². The maximum Gasteiger partial charge on any atom is 0.0130 e. The van der Waals surface area contributed by atoms with Crippen molar-refractivity contribution >= 4 is 22.6 Å². The van der Waals surface area contributed by atoms with Crippen LogP contribution in [-0.2, 0) is 6.42 Å². The molecule has 0 aromatic heterocycles. The number of benzene rings is 1. The molecule has 13 heavy (non-hydrogen) atoms. The molecule has 1 atom stereocenters. The van der Waals surface area contributed by atoms with Crippen LogP contribution in [0.5, 0.6) is 0 Å². The predicted molar refractivity (Wildman–Crippen MR) is 65.7 cm³/mol. The van der Waals surface area contributed by atoms with E-state index in [1.165, 1.54) is 15.6 Å². The molecule has 0 bridgehead atoms. The van der Waals surface area contributed by atoms with Gasteiger partial charge in [-0.1, -0.05) is 19.1 Å². The Morgan fingerprint density at radius 2 is 1.92 bits per heavy atom. The van der Waals surface area contributed by atoms with Crippen molar-refractivity contribution in [3.63, 3.8) is 0 Å². The highest BCUT2D eigenvalue weighted by Gasteiger charge is 1.99. The average Bonchev–Trinajstić information content (AvgIpc) is 2.16. The van der Waals surface area contributed by atoms with Crippen LogP contribution in [0.4, 0.5) is 0 Å². The quantitative estimate of drug-likeness (QED) is 0.847. The zero-order valence-electron chi connectivity index (χ0n) is 7.96. The smallest absolute Gasteiger partial charge is 0.0130 e. The van der Waals surface area contributed by atoms with E-state index in [0.717, 1.165) is 13.0 Å². The summed E-state index contributed by atoms with van der Waals surface area (Å²) >= 11 is 2.33.